The van der Waals surface area contributed by atoms with Crippen molar-refractivity contribution in [2.24, 2.45) is 11.8 Å². The first kappa shape index (κ1) is 28.4. The van der Waals surface area contributed by atoms with Gasteiger partial charge in [0.05, 0.1) is 12.5 Å². The van der Waals surface area contributed by atoms with Crippen molar-refractivity contribution in [1.29, 1.82) is 0 Å². The Morgan fingerprint density at radius 1 is 1.19 bits per heavy atom. The van der Waals surface area contributed by atoms with Gasteiger partial charge in [0.1, 0.15) is 6.04 Å². The molecule has 3 atom stereocenters. The zero-order valence-corrected chi connectivity index (χ0v) is 22.8. The summed E-state index contributed by atoms with van der Waals surface area (Å²) in [5.41, 5.74) is 4.76. The molecule has 1 fully saturated rings. The van der Waals surface area contributed by atoms with Gasteiger partial charge in [0, 0.05) is 30.9 Å². The highest BCUT2D eigenvalue weighted by molar-refractivity contribution is 5.88. The van der Waals surface area contributed by atoms with E-state index >= 15 is 0 Å². The Balaban J connectivity index is 1.91. The fourth-order valence-corrected chi connectivity index (χ4v) is 5.46. The number of nitrogens with one attached hydrogen (secondary N) is 1. The molecule has 0 aliphatic carbocycles. The highest BCUT2D eigenvalue weighted by atomic mass is 16.4. The van der Waals surface area contributed by atoms with Crippen molar-refractivity contribution in [2.45, 2.75) is 85.2 Å². The number of carbonyl (C=O) groups is 3. The third-order valence-corrected chi connectivity index (χ3v) is 7.24. The van der Waals surface area contributed by atoms with Crippen LogP contribution < -0.4 is 5.32 Å². The van der Waals surface area contributed by atoms with E-state index in [0.29, 0.717) is 30.9 Å². The number of amides is 2. The SMILES string of the molecule is CCCC1CCC(=O)N([C@@H](CC(C)C)C(=O)N[C@@H](CC(=O)O)c2cncc(-c3c(C)cccc3C)c2)C1. The summed E-state index contributed by atoms with van der Waals surface area (Å²) < 4.78 is 0. The van der Waals surface area contributed by atoms with Crippen LogP contribution in [0.4, 0.5) is 0 Å². The fraction of sp³-hybridized carbons (Fsp3) is 0.533. The number of aromatic nitrogens is 1. The molecule has 1 aliphatic heterocycles. The number of aliphatic carboxylic acids is 1. The molecule has 2 heterocycles. The van der Waals surface area contributed by atoms with Gasteiger partial charge in [-0.05, 0) is 73.3 Å². The molecule has 0 radical (unpaired) electrons. The number of hydrogen-bond acceptors (Lipinski definition) is 4. The number of benzene rings is 1. The van der Waals surface area contributed by atoms with E-state index in [9.17, 15) is 19.5 Å². The summed E-state index contributed by atoms with van der Waals surface area (Å²) in [6.45, 7) is 10.8. The van der Waals surface area contributed by atoms with Crippen molar-refractivity contribution in [3.63, 3.8) is 0 Å². The second kappa shape index (κ2) is 12.8. The summed E-state index contributed by atoms with van der Waals surface area (Å²) in [5, 5.41) is 12.7. The number of pyridine rings is 1. The minimum Gasteiger partial charge on any atom is -0.481 e. The molecule has 1 aromatic heterocycles. The summed E-state index contributed by atoms with van der Waals surface area (Å²) in [7, 11) is 0. The molecule has 3 rings (SSSR count). The lowest BCUT2D eigenvalue weighted by atomic mass is 9.90. The van der Waals surface area contributed by atoms with Gasteiger partial charge in [0.25, 0.3) is 0 Å². The first-order chi connectivity index (χ1) is 17.6. The van der Waals surface area contributed by atoms with Crippen LogP contribution in [0.1, 0.15) is 82.0 Å². The lowest BCUT2D eigenvalue weighted by molar-refractivity contribution is -0.145. The van der Waals surface area contributed by atoms with Gasteiger partial charge >= 0.3 is 5.97 Å². The van der Waals surface area contributed by atoms with E-state index in [0.717, 1.165) is 41.5 Å². The first-order valence-corrected chi connectivity index (χ1v) is 13.4. The van der Waals surface area contributed by atoms with Crippen LogP contribution in [-0.4, -0.2) is 45.4 Å². The summed E-state index contributed by atoms with van der Waals surface area (Å²) in [6.07, 6.45) is 7.01. The Bertz CT molecular complexity index is 1090. The highest BCUT2D eigenvalue weighted by Gasteiger charge is 2.36. The Hall–Kier alpha value is -3.22. The molecule has 1 saturated heterocycles. The maximum atomic E-state index is 13.7. The van der Waals surface area contributed by atoms with E-state index in [1.165, 1.54) is 0 Å². The molecule has 1 aliphatic rings. The van der Waals surface area contributed by atoms with Crippen LogP contribution in [0, 0.1) is 25.7 Å². The average molecular weight is 508 g/mol. The minimum absolute atomic E-state index is 0.00151. The van der Waals surface area contributed by atoms with Gasteiger partial charge in [0.2, 0.25) is 11.8 Å². The quantitative estimate of drug-likeness (QED) is 0.421. The third-order valence-electron chi connectivity index (χ3n) is 7.24. The largest absolute Gasteiger partial charge is 0.481 e. The summed E-state index contributed by atoms with van der Waals surface area (Å²) >= 11 is 0. The highest BCUT2D eigenvalue weighted by Crippen LogP contribution is 2.30. The van der Waals surface area contributed by atoms with Gasteiger partial charge in [-0.3, -0.25) is 19.4 Å². The van der Waals surface area contributed by atoms with Crippen LogP contribution in [-0.2, 0) is 14.4 Å². The number of likely N-dealkylation sites (tertiary alicyclic amines) is 1. The monoisotopic (exact) mass is 507 g/mol. The average Bonchev–Trinajstić information content (AvgIpc) is 2.83. The molecule has 2 N–H and O–H groups in total. The first-order valence-electron chi connectivity index (χ1n) is 13.4. The molecule has 0 saturated carbocycles. The zero-order valence-electron chi connectivity index (χ0n) is 22.8. The predicted molar refractivity (Wildman–Crippen MR) is 145 cm³/mol. The van der Waals surface area contributed by atoms with Crippen molar-refractivity contribution in [2.75, 3.05) is 6.54 Å². The van der Waals surface area contributed by atoms with Gasteiger partial charge in [-0.25, -0.2) is 0 Å². The zero-order chi connectivity index (χ0) is 27.1. The van der Waals surface area contributed by atoms with E-state index in [1.807, 2.05) is 52.0 Å². The fourth-order valence-electron chi connectivity index (χ4n) is 5.46. The molecule has 0 spiro atoms. The van der Waals surface area contributed by atoms with E-state index in [4.69, 9.17) is 0 Å². The molecule has 200 valence electrons. The standard InChI is InChI=1S/C30H41N3O4/c1-6-8-22-11-12-27(34)33(18-22)26(13-19(2)3)30(37)32-25(15-28(35)36)23-14-24(17-31-16-23)29-20(4)9-7-10-21(29)5/h7,9-10,14,16-17,19,22,25-26H,6,8,11-13,15,18H2,1-5H3,(H,32,37)(H,35,36)/t22?,25-,26-/m0/s1. The summed E-state index contributed by atoms with van der Waals surface area (Å²) in [5.74, 6) is -0.731. The van der Waals surface area contributed by atoms with Crippen LogP contribution in [0.15, 0.2) is 36.7 Å². The molecule has 2 aromatic rings. The Labute approximate surface area is 220 Å². The third kappa shape index (κ3) is 7.40. The molecule has 2 amide bonds. The number of nitrogens with zero attached hydrogens (tertiary/aromatic N) is 2. The number of aryl methyl sites for hydroxylation is 2. The molecular formula is C30H41N3O4. The number of piperidine rings is 1. The molecule has 1 unspecified atom stereocenters. The van der Waals surface area contributed by atoms with Gasteiger partial charge in [-0.1, -0.05) is 45.4 Å². The molecule has 7 heteroatoms. The Morgan fingerprint density at radius 3 is 2.51 bits per heavy atom. The second-order valence-corrected chi connectivity index (χ2v) is 10.8. The van der Waals surface area contributed by atoms with Crippen molar-refractivity contribution < 1.29 is 19.5 Å². The summed E-state index contributed by atoms with van der Waals surface area (Å²) in [6, 6.07) is 6.59. The van der Waals surface area contributed by atoms with Crippen molar-refractivity contribution >= 4 is 17.8 Å². The van der Waals surface area contributed by atoms with Crippen molar-refractivity contribution in [3.05, 3.63) is 53.3 Å². The topological polar surface area (TPSA) is 99.6 Å². The van der Waals surface area contributed by atoms with E-state index in [1.54, 1.807) is 17.3 Å². The van der Waals surface area contributed by atoms with Gasteiger partial charge in [-0.2, -0.15) is 0 Å². The number of hydrogen-bond donors (Lipinski definition) is 2. The number of carboxylic acids is 1. The normalized spacial score (nSPS) is 17.5. The van der Waals surface area contributed by atoms with Gasteiger partial charge in [0.15, 0.2) is 0 Å². The number of carboxylic acid groups (broad SMARTS) is 1. The molecular weight excluding hydrogens is 466 g/mol. The predicted octanol–water partition coefficient (Wildman–Crippen LogP) is 5.45. The number of carbonyl (C=O) groups excluding carboxylic acids is 2. The smallest absolute Gasteiger partial charge is 0.305 e. The van der Waals surface area contributed by atoms with E-state index in [2.05, 4.69) is 17.2 Å². The molecule has 0 bridgehead atoms. The van der Waals surface area contributed by atoms with Crippen LogP contribution in [0.2, 0.25) is 0 Å². The van der Waals surface area contributed by atoms with Crippen molar-refractivity contribution in [3.8, 4) is 11.1 Å². The minimum atomic E-state index is -1.01. The molecule has 1 aromatic carbocycles. The lowest BCUT2D eigenvalue weighted by Gasteiger charge is -2.38. The van der Waals surface area contributed by atoms with Gasteiger partial charge < -0.3 is 15.3 Å². The molecule has 7 nitrogen and oxygen atoms in total. The van der Waals surface area contributed by atoms with E-state index < -0.39 is 18.1 Å². The molecule has 37 heavy (non-hydrogen) atoms. The second-order valence-electron chi connectivity index (χ2n) is 10.8. The van der Waals surface area contributed by atoms with Crippen LogP contribution in [0.25, 0.3) is 11.1 Å². The maximum absolute atomic E-state index is 13.7. The van der Waals surface area contributed by atoms with E-state index in [-0.39, 0.29) is 24.2 Å². The van der Waals surface area contributed by atoms with Crippen LogP contribution >= 0.6 is 0 Å². The van der Waals surface area contributed by atoms with Crippen LogP contribution in [0.5, 0.6) is 0 Å². The summed E-state index contributed by atoms with van der Waals surface area (Å²) in [4.78, 5) is 44.6. The lowest BCUT2D eigenvalue weighted by Crippen LogP contribution is -2.54. The number of rotatable bonds is 11. The maximum Gasteiger partial charge on any atom is 0.305 e. The van der Waals surface area contributed by atoms with Crippen molar-refractivity contribution in [1.82, 2.24) is 15.2 Å². The van der Waals surface area contributed by atoms with Crippen LogP contribution in [0.3, 0.4) is 0 Å². The Kier molecular flexibility index (Phi) is 9.84. The Morgan fingerprint density at radius 2 is 1.89 bits per heavy atom. The van der Waals surface area contributed by atoms with Gasteiger partial charge in [-0.15, -0.1) is 0 Å².